The van der Waals surface area contributed by atoms with E-state index >= 15 is 0 Å². The first-order valence-electron chi connectivity index (χ1n) is 6.44. The molecule has 0 saturated carbocycles. The number of aliphatic hydroxyl groups is 1. The third-order valence-corrected chi connectivity index (χ3v) is 4.17. The van der Waals surface area contributed by atoms with E-state index < -0.39 is 0 Å². The highest BCUT2D eigenvalue weighted by Gasteiger charge is 2.35. The number of likely N-dealkylation sites (N-methyl/N-ethyl adjacent to an activating group) is 1. The van der Waals surface area contributed by atoms with Crippen LogP contribution >= 0.6 is 0 Å². The van der Waals surface area contributed by atoms with Gasteiger partial charge in [0.05, 0.1) is 6.10 Å². The van der Waals surface area contributed by atoms with Gasteiger partial charge >= 0.3 is 0 Å². The van der Waals surface area contributed by atoms with E-state index in [0.717, 1.165) is 38.2 Å². The molecule has 2 aliphatic rings. The lowest BCUT2D eigenvalue weighted by atomic mass is 10.1. The average Bonchev–Trinajstić information content (AvgIpc) is 2.69. The maximum absolute atomic E-state index is 10.4. The second-order valence-electron chi connectivity index (χ2n) is 5.25. The highest BCUT2D eigenvalue weighted by molar-refractivity contribution is 5.35. The molecule has 1 heterocycles. The number of hydrogen-bond acceptors (Lipinski definition) is 3. The quantitative estimate of drug-likeness (QED) is 0.779. The summed E-state index contributed by atoms with van der Waals surface area (Å²) in [6, 6.07) is 8.60. The molecule has 0 aromatic heterocycles. The molecule has 0 spiro atoms. The summed E-state index contributed by atoms with van der Waals surface area (Å²) in [5.74, 6) is 0. The fraction of sp³-hybridized carbons (Fsp3) is 0.571. The Morgan fingerprint density at radius 2 is 1.82 bits per heavy atom. The van der Waals surface area contributed by atoms with Crippen molar-refractivity contribution in [2.75, 3.05) is 33.2 Å². The molecule has 1 N–H and O–H groups in total. The molecule has 92 valence electrons. The molecule has 1 aromatic carbocycles. The predicted molar refractivity (Wildman–Crippen MR) is 68.0 cm³/mol. The summed E-state index contributed by atoms with van der Waals surface area (Å²) in [5.41, 5.74) is 2.46. The van der Waals surface area contributed by atoms with Gasteiger partial charge < -0.3 is 10.0 Å². The van der Waals surface area contributed by atoms with Gasteiger partial charge in [-0.2, -0.15) is 0 Å². The molecule has 0 radical (unpaired) electrons. The molecule has 17 heavy (non-hydrogen) atoms. The largest absolute Gasteiger partial charge is 0.387 e. The van der Waals surface area contributed by atoms with Crippen LogP contribution in [0.1, 0.15) is 17.2 Å². The van der Waals surface area contributed by atoms with Gasteiger partial charge in [0.2, 0.25) is 0 Å². The first-order chi connectivity index (χ1) is 8.25. The zero-order chi connectivity index (χ0) is 11.8. The summed E-state index contributed by atoms with van der Waals surface area (Å²) >= 11 is 0. The highest BCUT2D eigenvalue weighted by atomic mass is 16.3. The molecule has 3 nitrogen and oxygen atoms in total. The monoisotopic (exact) mass is 232 g/mol. The lowest BCUT2D eigenvalue weighted by Gasteiger charge is -2.37. The number of benzene rings is 1. The Morgan fingerprint density at radius 3 is 2.53 bits per heavy atom. The van der Waals surface area contributed by atoms with Crippen LogP contribution in [0, 0.1) is 0 Å². The third kappa shape index (κ3) is 1.99. The van der Waals surface area contributed by atoms with Gasteiger partial charge in [-0.25, -0.2) is 0 Å². The van der Waals surface area contributed by atoms with Gasteiger partial charge in [-0.15, -0.1) is 0 Å². The Kier molecular flexibility index (Phi) is 2.90. The summed E-state index contributed by atoms with van der Waals surface area (Å²) in [4.78, 5) is 4.80. The molecule has 3 rings (SSSR count). The van der Waals surface area contributed by atoms with E-state index in [1.165, 1.54) is 5.56 Å². The number of aliphatic hydroxyl groups excluding tert-OH is 1. The smallest absolute Gasteiger partial charge is 0.0951 e. The van der Waals surface area contributed by atoms with Crippen LogP contribution in [-0.2, 0) is 6.42 Å². The zero-order valence-corrected chi connectivity index (χ0v) is 10.3. The van der Waals surface area contributed by atoms with Crippen LogP contribution in [0.3, 0.4) is 0 Å². The normalized spacial score (nSPS) is 30.5. The van der Waals surface area contributed by atoms with E-state index in [0.29, 0.717) is 6.04 Å². The Hall–Kier alpha value is -0.900. The first-order valence-corrected chi connectivity index (χ1v) is 6.44. The number of rotatable bonds is 1. The summed E-state index contributed by atoms with van der Waals surface area (Å²) in [6.07, 6.45) is 0.704. The molecule has 1 aromatic rings. The van der Waals surface area contributed by atoms with Crippen molar-refractivity contribution in [2.45, 2.75) is 18.6 Å². The molecule has 3 heteroatoms. The van der Waals surface area contributed by atoms with E-state index in [1.54, 1.807) is 0 Å². The van der Waals surface area contributed by atoms with Crippen molar-refractivity contribution < 1.29 is 5.11 Å². The van der Waals surface area contributed by atoms with Gasteiger partial charge in [-0.3, -0.25) is 4.90 Å². The fourth-order valence-electron chi connectivity index (χ4n) is 3.04. The highest BCUT2D eigenvalue weighted by Crippen LogP contribution is 2.34. The third-order valence-electron chi connectivity index (χ3n) is 4.17. The average molecular weight is 232 g/mol. The summed E-state index contributed by atoms with van der Waals surface area (Å²) in [6.45, 7) is 4.37. The predicted octanol–water partition coefficient (Wildman–Crippen LogP) is 0.892. The number of fused-ring (bicyclic) bond motifs is 1. The fourth-order valence-corrected chi connectivity index (χ4v) is 3.04. The van der Waals surface area contributed by atoms with E-state index in [2.05, 4.69) is 35.0 Å². The van der Waals surface area contributed by atoms with Crippen molar-refractivity contribution in [1.29, 1.82) is 0 Å². The van der Waals surface area contributed by atoms with Gasteiger partial charge in [-0.05, 0) is 24.6 Å². The molecular weight excluding hydrogens is 212 g/mol. The van der Waals surface area contributed by atoms with Gasteiger partial charge in [0.1, 0.15) is 0 Å². The molecule has 1 aliphatic carbocycles. The maximum atomic E-state index is 10.4. The zero-order valence-electron chi connectivity index (χ0n) is 10.3. The Labute approximate surface area is 103 Å². The van der Waals surface area contributed by atoms with Crippen LogP contribution in [-0.4, -0.2) is 54.2 Å². The van der Waals surface area contributed by atoms with Gasteiger partial charge in [0, 0.05) is 32.2 Å². The summed E-state index contributed by atoms with van der Waals surface area (Å²) in [5, 5.41) is 10.4. The minimum absolute atomic E-state index is 0.293. The van der Waals surface area contributed by atoms with Gasteiger partial charge in [0.25, 0.3) is 0 Å². The van der Waals surface area contributed by atoms with E-state index in [1.807, 2.05) is 6.07 Å². The lowest BCUT2D eigenvalue weighted by Crippen LogP contribution is -2.50. The van der Waals surface area contributed by atoms with E-state index in [4.69, 9.17) is 0 Å². The number of piperazine rings is 1. The summed E-state index contributed by atoms with van der Waals surface area (Å²) in [7, 11) is 2.16. The van der Waals surface area contributed by atoms with Crippen LogP contribution in [0.5, 0.6) is 0 Å². The maximum Gasteiger partial charge on any atom is 0.0951 e. The van der Waals surface area contributed by atoms with Crippen LogP contribution in [0.2, 0.25) is 0 Å². The second kappa shape index (κ2) is 4.41. The molecule has 0 amide bonds. The standard InChI is InChI=1S/C14H20N2O/c1-15-6-8-16(9-7-15)13-10-11-4-2-3-5-12(11)14(13)17/h2-5,13-14,17H,6-10H2,1H3. The Morgan fingerprint density at radius 1 is 1.12 bits per heavy atom. The van der Waals surface area contributed by atoms with Crippen LogP contribution in [0.25, 0.3) is 0 Å². The number of hydrogen-bond donors (Lipinski definition) is 1. The second-order valence-corrected chi connectivity index (χ2v) is 5.25. The number of nitrogens with zero attached hydrogens (tertiary/aromatic N) is 2. The first kappa shape index (κ1) is 11.2. The Balaban J connectivity index is 1.75. The Bertz CT molecular complexity index is 399. The topological polar surface area (TPSA) is 26.7 Å². The summed E-state index contributed by atoms with van der Waals surface area (Å²) < 4.78 is 0. The van der Waals surface area contributed by atoms with Crippen molar-refractivity contribution in [3.63, 3.8) is 0 Å². The molecule has 1 fully saturated rings. The van der Waals surface area contributed by atoms with Crippen LogP contribution < -0.4 is 0 Å². The molecule has 2 unspecified atom stereocenters. The molecule has 0 bridgehead atoms. The SMILES string of the molecule is CN1CCN(C2Cc3ccccc3C2O)CC1. The van der Waals surface area contributed by atoms with E-state index in [9.17, 15) is 5.11 Å². The minimum Gasteiger partial charge on any atom is -0.387 e. The van der Waals surface area contributed by atoms with Crippen molar-refractivity contribution in [2.24, 2.45) is 0 Å². The van der Waals surface area contributed by atoms with Crippen molar-refractivity contribution in [3.8, 4) is 0 Å². The molecule has 2 atom stereocenters. The molecule has 1 aliphatic heterocycles. The van der Waals surface area contributed by atoms with Crippen LogP contribution in [0.15, 0.2) is 24.3 Å². The minimum atomic E-state index is -0.297. The van der Waals surface area contributed by atoms with E-state index in [-0.39, 0.29) is 6.10 Å². The molecular formula is C14H20N2O. The van der Waals surface area contributed by atoms with Crippen LogP contribution in [0.4, 0.5) is 0 Å². The lowest BCUT2D eigenvalue weighted by molar-refractivity contribution is 0.0331. The van der Waals surface area contributed by atoms with Crippen molar-refractivity contribution in [3.05, 3.63) is 35.4 Å². The van der Waals surface area contributed by atoms with Gasteiger partial charge in [0.15, 0.2) is 0 Å². The van der Waals surface area contributed by atoms with Crippen molar-refractivity contribution >= 4 is 0 Å². The van der Waals surface area contributed by atoms with Gasteiger partial charge in [-0.1, -0.05) is 24.3 Å². The van der Waals surface area contributed by atoms with Crippen molar-refractivity contribution in [1.82, 2.24) is 9.80 Å². The molecule has 1 saturated heterocycles.